The first kappa shape index (κ1) is 16.7. The smallest absolute Gasteiger partial charge is 0.249 e. The molecule has 1 unspecified atom stereocenters. The fraction of sp³-hybridized carbons (Fsp3) is 0.882. The Bertz CT molecular complexity index is 417. The molecule has 2 aliphatic heterocycles. The number of rotatable bonds is 5. The Morgan fingerprint density at radius 3 is 2.65 bits per heavy atom. The summed E-state index contributed by atoms with van der Waals surface area (Å²) in [5.41, 5.74) is 0. The zero-order valence-electron chi connectivity index (χ0n) is 13.9. The van der Waals surface area contributed by atoms with E-state index in [1.165, 1.54) is 19.3 Å². The van der Waals surface area contributed by atoms with E-state index in [1.54, 1.807) is 4.90 Å². The quantitative estimate of drug-likeness (QED) is 0.762. The van der Waals surface area contributed by atoms with Gasteiger partial charge in [0.1, 0.15) is 6.61 Å². The minimum atomic E-state index is -0.0837. The van der Waals surface area contributed by atoms with Crippen molar-refractivity contribution in [3.8, 4) is 0 Å². The molecular formula is C17H28N2O4. The van der Waals surface area contributed by atoms with Gasteiger partial charge in [-0.05, 0) is 25.7 Å². The van der Waals surface area contributed by atoms with E-state index in [2.05, 4.69) is 0 Å². The van der Waals surface area contributed by atoms with Crippen molar-refractivity contribution in [3.05, 3.63) is 0 Å². The number of piperazine rings is 1. The highest BCUT2D eigenvalue weighted by atomic mass is 16.5. The van der Waals surface area contributed by atoms with E-state index in [4.69, 9.17) is 9.47 Å². The Kier molecular flexibility index (Phi) is 5.89. The summed E-state index contributed by atoms with van der Waals surface area (Å²) >= 11 is 0. The van der Waals surface area contributed by atoms with Crippen LogP contribution in [0.25, 0.3) is 0 Å². The zero-order valence-corrected chi connectivity index (χ0v) is 13.9. The van der Waals surface area contributed by atoms with Gasteiger partial charge in [-0.3, -0.25) is 9.59 Å². The van der Waals surface area contributed by atoms with Crippen LogP contribution in [0.15, 0.2) is 0 Å². The summed E-state index contributed by atoms with van der Waals surface area (Å²) < 4.78 is 10.9. The standard InChI is InChI=1S/C17H28N2O4/c20-16-11-18(8-9-19(16)14-5-2-1-3-6-14)17(21)13-22-12-15-7-4-10-23-15/h14-15H,1-13H2. The number of carbonyl (C=O) groups is 2. The molecule has 3 fully saturated rings. The van der Waals surface area contributed by atoms with Crippen LogP contribution in [0.1, 0.15) is 44.9 Å². The van der Waals surface area contributed by atoms with Crippen LogP contribution < -0.4 is 0 Å². The second-order valence-electron chi connectivity index (χ2n) is 6.84. The topological polar surface area (TPSA) is 59.1 Å². The molecule has 0 aromatic heterocycles. The Balaban J connectivity index is 1.39. The third kappa shape index (κ3) is 4.44. The third-order valence-corrected chi connectivity index (χ3v) is 5.18. The van der Waals surface area contributed by atoms with Crippen molar-refractivity contribution in [3.63, 3.8) is 0 Å². The molecule has 130 valence electrons. The molecule has 1 atom stereocenters. The van der Waals surface area contributed by atoms with Gasteiger partial charge in [0.2, 0.25) is 11.8 Å². The van der Waals surface area contributed by atoms with Gasteiger partial charge in [0.25, 0.3) is 0 Å². The Morgan fingerprint density at radius 2 is 1.96 bits per heavy atom. The van der Waals surface area contributed by atoms with Gasteiger partial charge < -0.3 is 19.3 Å². The van der Waals surface area contributed by atoms with E-state index in [1.807, 2.05) is 4.90 Å². The molecule has 3 rings (SSSR count). The third-order valence-electron chi connectivity index (χ3n) is 5.18. The van der Waals surface area contributed by atoms with Crippen molar-refractivity contribution in [2.24, 2.45) is 0 Å². The summed E-state index contributed by atoms with van der Waals surface area (Å²) in [6.07, 6.45) is 8.15. The Hall–Kier alpha value is -1.14. The minimum Gasteiger partial charge on any atom is -0.376 e. The van der Waals surface area contributed by atoms with Gasteiger partial charge in [0.15, 0.2) is 0 Å². The van der Waals surface area contributed by atoms with Crippen LogP contribution in [0.5, 0.6) is 0 Å². The summed E-state index contributed by atoms with van der Waals surface area (Å²) in [6, 6.07) is 0.393. The molecule has 6 nitrogen and oxygen atoms in total. The lowest BCUT2D eigenvalue weighted by Crippen LogP contribution is -2.56. The van der Waals surface area contributed by atoms with Crippen molar-refractivity contribution >= 4 is 11.8 Å². The van der Waals surface area contributed by atoms with Gasteiger partial charge in [-0.2, -0.15) is 0 Å². The number of hydrogen-bond acceptors (Lipinski definition) is 4. The summed E-state index contributed by atoms with van der Waals surface area (Å²) in [6.45, 7) is 2.82. The lowest BCUT2D eigenvalue weighted by atomic mass is 9.93. The van der Waals surface area contributed by atoms with Crippen LogP contribution in [0, 0.1) is 0 Å². The fourth-order valence-electron chi connectivity index (χ4n) is 3.82. The van der Waals surface area contributed by atoms with E-state index in [0.717, 1.165) is 32.3 Å². The molecule has 0 radical (unpaired) electrons. The van der Waals surface area contributed by atoms with E-state index in [9.17, 15) is 9.59 Å². The van der Waals surface area contributed by atoms with Gasteiger partial charge >= 0.3 is 0 Å². The molecule has 1 saturated carbocycles. The Morgan fingerprint density at radius 1 is 1.13 bits per heavy atom. The van der Waals surface area contributed by atoms with E-state index >= 15 is 0 Å². The van der Waals surface area contributed by atoms with Crippen LogP contribution in [-0.2, 0) is 19.1 Å². The largest absolute Gasteiger partial charge is 0.376 e. The van der Waals surface area contributed by atoms with Gasteiger partial charge in [0, 0.05) is 25.7 Å². The van der Waals surface area contributed by atoms with Gasteiger partial charge in [0.05, 0.1) is 19.3 Å². The molecule has 0 bridgehead atoms. The van der Waals surface area contributed by atoms with Gasteiger partial charge in [-0.15, -0.1) is 0 Å². The fourth-order valence-corrected chi connectivity index (χ4v) is 3.82. The molecule has 0 aromatic carbocycles. The predicted molar refractivity (Wildman–Crippen MR) is 85.0 cm³/mol. The van der Waals surface area contributed by atoms with E-state index in [0.29, 0.717) is 25.7 Å². The van der Waals surface area contributed by atoms with Crippen LogP contribution in [0.2, 0.25) is 0 Å². The first-order valence-corrected chi connectivity index (χ1v) is 9.00. The van der Waals surface area contributed by atoms with Crippen molar-refractivity contribution in [2.75, 3.05) is 39.5 Å². The number of nitrogens with zero attached hydrogens (tertiary/aromatic N) is 2. The van der Waals surface area contributed by atoms with Gasteiger partial charge in [-0.1, -0.05) is 19.3 Å². The van der Waals surface area contributed by atoms with E-state index < -0.39 is 0 Å². The highest BCUT2D eigenvalue weighted by Gasteiger charge is 2.32. The molecule has 1 aliphatic carbocycles. The van der Waals surface area contributed by atoms with Crippen LogP contribution >= 0.6 is 0 Å². The molecule has 2 saturated heterocycles. The number of hydrogen-bond donors (Lipinski definition) is 0. The summed E-state index contributed by atoms with van der Waals surface area (Å²) in [4.78, 5) is 28.2. The average molecular weight is 324 g/mol. The number of carbonyl (C=O) groups excluding carboxylic acids is 2. The molecule has 3 aliphatic rings. The van der Waals surface area contributed by atoms with Crippen LogP contribution in [0.3, 0.4) is 0 Å². The normalized spacial score (nSPS) is 26.8. The maximum Gasteiger partial charge on any atom is 0.249 e. The highest BCUT2D eigenvalue weighted by Crippen LogP contribution is 2.24. The minimum absolute atomic E-state index is 0.0522. The van der Waals surface area contributed by atoms with Crippen LogP contribution in [0.4, 0.5) is 0 Å². The molecule has 23 heavy (non-hydrogen) atoms. The molecule has 2 heterocycles. The van der Waals surface area contributed by atoms with Crippen molar-refractivity contribution in [2.45, 2.75) is 57.1 Å². The molecular weight excluding hydrogens is 296 g/mol. The molecule has 0 aromatic rings. The first-order chi connectivity index (χ1) is 11.2. The Labute approximate surface area is 138 Å². The van der Waals surface area contributed by atoms with E-state index in [-0.39, 0.29) is 31.1 Å². The maximum atomic E-state index is 12.4. The lowest BCUT2D eigenvalue weighted by molar-refractivity contribution is -0.150. The number of ether oxygens (including phenoxy) is 2. The second kappa shape index (κ2) is 8.11. The second-order valence-corrected chi connectivity index (χ2v) is 6.84. The molecule has 6 heteroatoms. The summed E-state index contributed by atoms with van der Waals surface area (Å²) in [5.74, 6) is 0.00951. The van der Waals surface area contributed by atoms with Crippen molar-refractivity contribution < 1.29 is 19.1 Å². The number of amides is 2. The first-order valence-electron chi connectivity index (χ1n) is 9.00. The van der Waals surface area contributed by atoms with Crippen molar-refractivity contribution in [1.82, 2.24) is 9.80 Å². The molecule has 0 N–H and O–H groups in total. The summed E-state index contributed by atoms with van der Waals surface area (Å²) in [7, 11) is 0. The van der Waals surface area contributed by atoms with Crippen LogP contribution in [-0.4, -0.2) is 73.2 Å². The monoisotopic (exact) mass is 324 g/mol. The van der Waals surface area contributed by atoms with Crippen molar-refractivity contribution in [1.29, 1.82) is 0 Å². The maximum absolute atomic E-state index is 12.4. The average Bonchev–Trinajstić information content (AvgIpc) is 3.09. The molecule has 2 amide bonds. The highest BCUT2D eigenvalue weighted by molar-refractivity contribution is 5.86. The SMILES string of the molecule is O=C(COCC1CCCO1)N1CCN(C2CCCCC2)C(=O)C1. The molecule has 0 spiro atoms. The zero-order chi connectivity index (χ0) is 16.1. The lowest BCUT2D eigenvalue weighted by Gasteiger charge is -2.40. The predicted octanol–water partition coefficient (Wildman–Crippen LogP) is 1.19. The summed E-state index contributed by atoms with van der Waals surface area (Å²) in [5, 5.41) is 0. The van der Waals surface area contributed by atoms with Gasteiger partial charge in [-0.25, -0.2) is 0 Å².